The molecule has 0 nitrogen and oxygen atoms in total. The van der Waals surface area contributed by atoms with Crippen LogP contribution in [-0.2, 0) is 159 Å². The quantitative estimate of drug-likeness (QED) is 0.260. The van der Waals surface area contributed by atoms with Crippen molar-refractivity contribution in [2.75, 3.05) is 0 Å². The van der Waals surface area contributed by atoms with Crippen LogP contribution in [-0.4, -0.2) is 0 Å². The van der Waals surface area contributed by atoms with E-state index in [0.29, 0.717) is 0 Å². The van der Waals surface area contributed by atoms with Crippen LogP contribution >= 0.6 is 0 Å². The van der Waals surface area contributed by atoms with Crippen LogP contribution < -0.4 is 0 Å². The maximum Gasteiger partial charge on any atom is 2.00 e. The van der Waals surface area contributed by atoms with Gasteiger partial charge in [-0.2, -0.15) is 0 Å². The summed E-state index contributed by atoms with van der Waals surface area (Å²) in [4.78, 5) is 0. The van der Waals surface area contributed by atoms with Crippen molar-refractivity contribution in [2.24, 2.45) is 0 Å². The number of rotatable bonds is 0. The summed E-state index contributed by atoms with van der Waals surface area (Å²) in [6.45, 7) is 25.9. The minimum Gasteiger partial charge on any atom is -0.532 e. The van der Waals surface area contributed by atoms with Gasteiger partial charge < -0.3 is 77.0 Å². The second-order valence-electron chi connectivity index (χ2n) is 3.62. The Morgan fingerprint density at radius 1 is 0.625 bits per heavy atom. The maximum atomic E-state index is 3.66. The summed E-state index contributed by atoms with van der Waals surface area (Å²) in [5.74, 6) is 0. The Hall–Kier alpha value is 3.97. The third kappa shape index (κ3) is 113. The summed E-state index contributed by atoms with van der Waals surface area (Å²) in [6.07, 6.45) is 5.67. The predicted octanol–water partition coefficient (Wildman–Crippen LogP) is 6.06. The van der Waals surface area contributed by atoms with Gasteiger partial charge in [0.25, 0.3) is 0 Å². The van der Waals surface area contributed by atoms with Gasteiger partial charge in [0.2, 0.25) is 0 Å². The summed E-state index contributed by atoms with van der Waals surface area (Å²) in [5, 5.41) is 0. The monoisotopic (exact) mass is 934 g/mol. The smallest absolute Gasteiger partial charge is 0.532 e. The summed E-state index contributed by atoms with van der Waals surface area (Å²) in [6, 6.07) is 0. The van der Waals surface area contributed by atoms with E-state index in [1.807, 2.05) is 41.5 Å². The van der Waals surface area contributed by atoms with Crippen molar-refractivity contribution in [3.05, 3.63) is 77.0 Å². The van der Waals surface area contributed by atoms with Gasteiger partial charge in [-0.1, -0.05) is 0 Å². The van der Waals surface area contributed by atoms with E-state index in [0.717, 1.165) is 22.3 Å². The molecule has 0 aliphatic carbocycles. The molecule has 24 heavy (non-hydrogen) atoms. The largest absolute Gasteiger partial charge is 2.00 e. The van der Waals surface area contributed by atoms with Gasteiger partial charge >= 0.3 is 21.1 Å². The molecular formula is C18H32VW2Y3-6. The Morgan fingerprint density at radius 2 is 0.708 bits per heavy atom. The van der Waals surface area contributed by atoms with Gasteiger partial charge in [0, 0.05) is 138 Å². The Labute approximate surface area is 272 Å². The van der Waals surface area contributed by atoms with Crippen LogP contribution in [0, 0.1) is 54.7 Å². The van der Waals surface area contributed by atoms with Crippen LogP contribution in [0.15, 0.2) is 22.3 Å². The zero-order valence-electron chi connectivity index (χ0n) is 16.8. The molecule has 0 bridgehead atoms. The SMILES string of the molecule is [CH2-]C(C)=C([CH2-])C.[CH2-]C(C)=[C-]C.[CH2-]C(C)=[C-]C.[CH3-].[CH3-].[V].[W+2].[W].[Y].[Y].[Y]. The fourth-order valence-corrected chi connectivity index (χ4v) is 0. The molecule has 0 aliphatic rings. The Balaban J connectivity index is -0.0000000101. The van der Waals surface area contributed by atoms with Gasteiger partial charge in [-0.05, 0) is 0 Å². The summed E-state index contributed by atoms with van der Waals surface area (Å²) in [7, 11) is 0. The van der Waals surface area contributed by atoms with E-state index in [1.165, 1.54) is 0 Å². The molecular weight excluding hydrogens is 902 g/mol. The molecule has 0 amide bonds. The van der Waals surface area contributed by atoms with Crippen LogP contribution in [0.25, 0.3) is 0 Å². The summed E-state index contributed by atoms with van der Waals surface area (Å²) in [5.41, 5.74) is 4.14. The van der Waals surface area contributed by atoms with Gasteiger partial charge in [0.05, 0.1) is 0 Å². The normalized spacial score (nSPS) is 8.42. The molecule has 0 aliphatic heterocycles. The molecule has 0 saturated heterocycles. The molecule has 0 unspecified atom stereocenters. The van der Waals surface area contributed by atoms with Gasteiger partial charge in [-0.15, -0.1) is 27.7 Å². The van der Waals surface area contributed by atoms with E-state index in [2.05, 4.69) is 39.8 Å². The minimum atomic E-state index is 0. The molecule has 6 heteroatoms. The molecule has 0 aromatic heterocycles. The van der Waals surface area contributed by atoms with Crippen molar-refractivity contribution in [3.63, 3.8) is 0 Å². The molecule has 0 rings (SSSR count). The second kappa shape index (κ2) is 56.3. The van der Waals surface area contributed by atoms with Crippen LogP contribution in [0.3, 0.4) is 0 Å². The number of hydrogen-bond acceptors (Lipinski definition) is 0. The molecule has 0 N–H and O–H groups in total. The average molecular weight is 934 g/mol. The predicted molar refractivity (Wildman–Crippen MR) is 88.8 cm³/mol. The van der Waals surface area contributed by atoms with Crippen LogP contribution in [0.4, 0.5) is 0 Å². The molecule has 136 valence electrons. The first-order valence-electron chi connectivity index (χ1n) is 5.16. The Morgan fingerprint density at radius 3 is 0.708 bits per heavy atom. The number of allylic oxidation sites excluding steroid dienone is 6. The molecule has 0 saturated carbocycles. The van der Waals surface area contributed by atoms with Crippen molar-refractivity contribution in [1.29, 1.82) is 0 Å². The van der Waals surface area contributed by atoms with E-state index in [4.69, 9.17) is 0 Å². The Bertz CT molecular complexity index is 223. The first-order chi connectivity index (χ1) is 7.18. The minimum absolute atomic E-state index is 0. The summed E-state index contributed by atoms with van der Waals surface area (Å²) >= 11 is 0. The van der Waals surface area contributed by atoms with Gasteiger partial charge in [0.1, 0.15) is 0 Å². The van der Waals surface area contributed by atoms with Crippen molar-refractivity contribution < 1.29 is 159 Å². The molecule has 0 fully saturated rings. The van der Waals surface area contributed by atoms with E-state index in [-0.39, 0.29) is 174 Å². The van der Waals surface area contributed by atoms with Crippen LogP contribution in [0.5, 0.6) is 0 Å². The molecule has 0 spiro atoms. The molecule has 0 aromatic rings. The standard InChI is InChI=1S/C6H10.2C5H8.2CH3.V.2W.3Y/c1-5(2)6(3)4;2*1-4-5(2)3;;;;;;;;/h1,3H2,2,4H3;2*2H2,1,3H3;2*1H3;;;;;;/q3*-2;2*-1;;;+2;;;. The van der Waals surface area contributed by atoms with E-state index < -0.39 is 0 Å². The first kappa shape index (κ1) is 70.6. The first-order valence-corrected chi connectivity index (χ1v) is 5.16. The van der Waals surface area contributed by atoms with Crippen molar-refractivity contribution in [2.45, 2.75) is 41.5 Å². The van der Waals surface area contributed by atoms with Crippen molar-refractivity contribution in [1.82, 2.24) is 0 Å². The van der Waals surface area contributed by atoms with Gasteiger partial charge in [-0.3, -0.25) is 0 Å². The molecule has 0 atom stereocenters. The molecule has 0 heterocycles. The van der Waals surface area contributed by atoms with Gasteiger partial charge in [0.15, 0.2) is 0 Å². The van der Waals surface area contributed by atoms with E-state index in [9.17, 15) is 0 Å². The number of hydrogen-bond donors (Lipinski definition) is 0. The fraction of sp³-hybridized carbons (Fsp3) is 0.333. The second-order valence-corrected chi connectivity index (χ2v) is 3.62. The van der Waals surface area contributed by atoms with Gasteiger partial charge in [-0.25, -0.2) is 13.8 Å². The van der Waals surface area contributed by atoms with Crippen LogP contribution in [0.2, 0.25) is 0 Å². The average Bonchev–Trinajstić information content (AvgIpc) is 2.19. The Kier molecular flexibility index (Phi) is 166. The fourth-order valence-electron chi connectivity index (χ4n) is 0. The summed E-state index contributed by atoms with van der Waals surface area (Å²) < 4.78 is 0. The molecule has 0 aromatic carbocycles. The van der Waals surface area contributed by atoms with Crippen molar-refractivity contribution >= 4 is 0 Å². The zero-order valence-corrected chi connectivity index (χ0v) is 32.6. The molecule has 4 radical (unpaired) electrons. The van der Waals surface area contributed by atoms with Crippen LogP contribution in [0.1, 0.15) is 41.5 Å². The zero-order chi connectivity index (χ0) is 13.7. The van der Waals surface area contributed by atoms with Crippen molar-refractivity contribution in [3.8, 4) is 0 Å². The van der Waals surface area contributed by atoms with E-state index in [1.54, 1.807) is 0 Å². The third-order valence-electron chi connectivity index (χ3n) is 1.58. The maximum absolute atomic E-state index is 3.66. The third-order valence-corrected chi connectivity index (χ3v) is 1.58. The topological polar surface area (TPSA) is 0 Å². The van der Waals surface area contributed by atoms with E-state index >= 15 is 0 Å².